The van der Waals surface area contributed by atoms with Gasteiger partial charge in [-0.3, -0.25) is 0 Å². The molecule has 0 bridgehead atoms. The average Bonchev–Trinajstić information content (AvgIpc) is 3.39. The average molecular weight is 473 g/mol. The molecule has 0 aliphatic carbocycles. The first-order valence-electron chi connectivity index (χ1n) is 10.7. The van der Waals surface area contributed by atoms with Crippen LogP contribution in [0, 0.1) is 0 Å². The van der Waals surface area contributed by atoms with Gasteiger partial charge < -0.3 is 20.1 Å². The van der Waals surface area contributed by atoms with Gasteiger partial charge in [-0.05, 0) is 74.7 Å². The second kappa shape index (κ2) is 10.6. The lowest BCUT2D eigenvalue weighted by Crippen LogP contribution is -2.26. The quantitative estimate of drug-likeness (QED) is 0.471. The van der Waals surface area contributed by atoms with Crippen molar-refractivity contribution in [3.05, 3.63) is 65.9 Å². The Morgan fingerprint density at radius 1 is 1.09 bits per heavy atom. The van der Waals surface area contributed by atoms with Gasteiger partial charge in [0.1, 0.15) is 0 Å². The van der Waals surface area contributed by atoms with Crippen LogP contribution in [-0.2, 0) is 32.3 Å². The monoisotopic (exact) mass is 472 g/mol. The van der Waals surface area contributed by atoms with Crippen LogP contribution in [0.25, 0.3) is 10.9 Å². The fraction of sp³-hybridized carbons (Fsp3) is 0.333. The van der Waals surface area contributed by atoms with Crippen molar-refractivity contribution in [3.63, 3.8) is 0 Å². The molecular formula is C24H28N2O6S. The van der Waals surface area contributed by atoms with Crippen molar-refractivity contribution in [2.24, 2.45) is 0 Å². The van der Waals surface area contributed by atoms with E-state index in [1.807, 2.05) is 12.1 Å². The van der Waals surface area contributed by atoms with E-state index in [-0.39, 0.29) is 5.75 Å². The Hall–Kier alpha value is -3.17. The number of rotatable bonds is 6. The highest BCUT2D eigenvalue weighted by atomic mass is 32.2. The molecule has 0 saturated carbocycles. The number of aromatic amines is 1. The third-order valence-electron chi connectivity index (χ3n) is 5.90. The number of nitrogens with zero attached hydrogens (tertiary/aromatic N) is 1. The number of carboxylic acids is 2. The number of aliphatic carboxylic acids is 2. The van der Waals surface area contributed by atoms with E-state index in [0.717, 1.165) is 17.5 Å². The van der Waals surface area contributed by atoms with Crippen molar-refractivity contribution in [2.75, 3.05) is 19.3 Å². The van der Waals surface area contributed by atoms with Gasteiger partial charge in [0, 0.05) is 23.1 Å². The molecule has 3 aromatic rings. The van der Waals surface area contributed by atoms with Gasteiger partial charge in [0.25, 0.3) is 0 Å². The zero-order valence-corrected chi connectivity index (χ0v) is 19.2. The second-order valence-electron chi connectivity index (χ2n) is 8.17. The van der Waals surface area contributed by atoms with Gasteiger partial charge >= 0.3 is 11.9 Å². The Kier molecular flexibility index (Phi) is 7.88. The lowest BCUT2D eigenvalue weighted by Gasteiger charge is -2.18. The molecule has 8 nitrogen and oxygen atoms in total. The van der Waals surface area contributed by atoms with Gasteiger partial charge in [0.05, 0.1) is 10.6 Å². The molecule has 0 spiro atoms. The number of H-pyrrole nitrogens is 1. The molecule has 2 heterocycles. The summed E-state index contributed by atoms with van der Waals surface area (Å²) in [5.41, 5.74) is 3.53. The molecule has 4 rings (SSSR count). The smallest absolute Gasteiger partial charge is 0.414 e. The summed E-state index contributed by atoms with van der Waals surface area (Å²) in [4.78, 5) is 24.4. The third-order valence-corrected chi connectivity index (χ3v) is 7.64. The second-order valence-corrected chi connectivity index (χ2v) is 10.3. The van der Waals surface area contributed by atoms with Crippen molar-refractivity contribution in [1.29, 1.82) is 0 Å². The van der Waals surface area contributed by atoms with E-state index in [2.05, 4.69) is 35.3 Å². The van der Waals surface area contributed by atoms with Crippen LogP contribution in [0.4, 0.5) is 0 Å². The van der Waals surface area contributed by atoms with Gasteiger partial charge in [-0.1, -0.05) is 24.3 Å². The number of benzene rings is 2. The molecule has 176 valence electrons. The zero-order chi connectivity index (χ0) is 24.0. The van der Waals surface area contributed by atoms with Crippen LogP contribution in [-0.4, -0.2) is 65.8 Å². The van der Waals surface area contributed by atoms with Crippen LogP contribution in [0.2, 0.25) is 0 Å². The van der Waals surface area contributed by atoms with Gasteiger partial charge in [0.2, 0.25) is 0 Å². The van der Waals surface area contributed by atoms with Crippen LogP contribution in [0.3, 0.4) is 0 Å². The molecule has 9 heteroatoms. The Morgan fingerprint density at radius 2 is 1.79 bits per heavy atom. The number of nitrogens with one attached hydrogen (secondary N) is 1. The summed E-state index contributed by atoms with van der Waals surface area (Å²) < 4.78 is 25.1. The lowest BCUT2D eigenvalue weighted by molar-refractivity contribution is -0.159. The normalized spacial score (nSPS) is 16.3. The Bertz CT molecular complexity index is 1210. The summed E-state index contributed by atoms with van der Waals surface area (Å²) >= 11 is 0. The summed E-state index contributed by atoms with van der Waals surface area (Å²) in [5.74, 6) is -3.52. The summed E-state index contributed by atoms with van der Waals surface area (Å²) in [6.45, 7) is 1.18. The first-order valence-corrected chi connectivity index (χ1v) is 12.4. The van der Waals surface area contributed by atoms with E-state index in [0.29, 0.717) is 17.4 Å². The van der Waals surface area contributed by atoms with Gasteiger partial charge in [-0.25, -0.2) is 18.0 Å². The van der Waals surface area contributed by atoms with Crippen LogP contribution in [0.15, 0.2) is 59.6 Å². The van der Waals surface area contributed by atoms with E-state index < -0.39 is 21.8 Å². The SMILES string of the molecule is CN1CCC[C@@H]1Cc1c[nH]c2ccc(CCS(=O)(=O)c3ccccc3)cc12.O=C(O)C(=O)O. The fourth-order valence-corrected chi connectivity index (χ4v) is 5.35. The minimum Gasteiger partial charge on any atom is -0.473 e. The van der Waals surface area contributed by atoms with E-state index in [4.69, 9.17) is 19.8 Å². The number of likely N-dealkylation sites (tertiary alicyclic amines) is 1. The standard InChI is InChI=1S/C22H26N2O2S.C2H2O4/c1-24-12-5-6-19(24)15-18-16-23-22-10-9-17(14-21(18)22)11-13-27(25,26)20-7-3-2-4-8-20;3-1(4)2(5)6/h2-4,7-10,14,16,19,23H,5-6,11-13,15H2,1H3;(H,3,4)(H,5,6)/t19-;/m1./s1. The van der Waals surface area contributed by atoms with Crippen molar-refractivity contribution in [3.8, 4) is 0 Å². The molecule has 1 saturated heterocycles. The van der Waals surface area contributed by atoms with Crippen LogP contribution in [0.1, 0.15) is 24.0 Å². The number of carboxylic acid groups (broad SMARTS) is 2. The molecule has 0 unspecified atom stereocenters. The molecule has 0 amide bonds. The summed E-state index contributed by atoms with van der Waals surface area (Å²) in [7, 11) is -1.05. The van der Waals surface area contributed by atoms with Crippen LogP contribution in [0.5, 0.6) is 0 Å². The van der Waals surface area contributed by atoms with E-state index in [1.54, 1.807) is 24.3 Å². The number of fused-ring (bicyclic) bond motifs is 1. The molecule has 1 atom stereocenters. The highest BCUT2D eigenvalue weighted by Crippen LogP contribution is 2.26. The number of sulfone groups is 1. The molecule has 1 aliphatic rings. The maximum absolute atomic E-state index is 12.5. The molecule has 2 aromatic carbocycles. The van der Waals surface area contributed by atoms with Gasteiger partial charge in [-0.2, -0.15) is 0 Å². The number of carbonyl (C=O) groups is 2. The predicted octanol–water partition coefficient (Wildman–Crippen LogP) is 2.98. The highest BCUT2D eigenvalue weighted by Gasteiger charge is 2.22. The minimum absolute atomic E-state index is 0.133. The maximum atomic E-state index is 12.5. The van der Waals surface area contributed by atoms with Crippen molar-refractivity contribution in [2.45, 2.75) is 36.6 Å². The summed E-state index contributed by atoms with van der Waals surface area (Å²) in [5, 5.41) is 16.0. The number of likely N-dealkylation sites (N-methyl/N-ethyl adjacent to an activating group) is 1. The van der Waals surface area contributed by atoms with Crippen LogP contribution >= 0.6 is 0 Å². The van der Waals surface area contributed by atoms with E-state index in [9.17, 15) is 8.42 Å². The largest absolute Gasteiger partial charge is 0.473 e. The number of aryl methyl sites for hydroxylation is 1. The topological polar surface area (TPSA) is 128 Å². The zero-order valence-electron chi connectivity index (χ0n) is 18.4. The first-order chi connectivity index (χ1) is 15.7. The van der Waals surface area contributed by atoms with Crippen molar-refractivity contribution in [1.82, 2.24) is 9.88 Å². The molecule has 0 radical (unpaired) electrons. The molecule has 1 aliphatic heterocycles. The van der Waals surface area contributed by atoms with Crippen molar-refractivity contribution >= 4 is 32.7 Å². The highest BCUT2D eigenvalue weighted by molar-refractivity contribution is 7.91. The molecule has 33 heavy (non-hydrogen) atoms. The van der Waals surface area contributed by atoms with Gasteiger partial charge in [-0.15, -0.1) is 0 Å². The van der Waals surface area contributed by atoms with Crippen LogP contribution < -0.4 is 0 Å². The fourth-order valence-electron chi connectivity index (χ4n) is 4.04. The lowest BCUT2D eigenvalue weighted by atomic mass is 10.0. The van der Waals surface area contributed by atoms with Gasteiger partial charge in [0.15, 0.2) is 9.84 Å². The molecule has 1 aromatic heterocycles. The summed E-state index contributed by atoms with van der Waals surface area (Å²) in [6.07, 6.45) is 6.20. The Balaban J connectivity index is 0.000000454. The number of aromatic nitrogens is 1. The van der Waals surface area contributed by atoms with E-state index >= 15 is 0 Å². The molecule has 3 N–H and O–H groups in total. The summed E-state index contributed by atoms with van der Waals surface area (Å²) in [6, 6.07) is 15.6. The molecular weight excluding hydrogens is 444 g/mol. The molecule has 1 fully saturated rings. The number of hydrogen-bond donors (Lipinski definition) is 3. The third kappa shape index (κ3) is 6.43. The van der Waals surface area contributed by atoms with Crippen molar-refractivity contribution < 1.29 is 28.2 Å². The Morgan fingerprint density at radius 3 is 2.39 bits per heavy atom. The van der Waals surface area contributed by atoms with E-state index in [1.165, 1.54) is 30.3 Å². The predicted molar refractivity (Wildman–Crippen MR) is 125 cm³/mol. The Labute approximate surface area is 192 Å². The minimum atomic E-state index is -3.25. The maximum Gasteiger partial charge on any atom is 0.414 e. The first kappa shape index (κ1) is 24.5. The number of hydrogen-bond acceptors (Lipinski definition) is 5.